The Kier molecular flexibility index (Phi) is 3.60. The molecule has 84 valence electrons. The van der Waals surface area contributed by atoms with Gasteiger partial charge in [-0.15, -0.1) is 0 Å². The first kappa shape index (κ1) is 11.6. The van der Waals surface area contributed by atoms with E-state index in [4.69, 9.17) is 0 Å². The molecule has 1 heterocycles. The highest BCUT2D eigenvalue weighted by atomic mass is 127. The van der Waals surface area contributed by atoms with E-state index in [1.807, 2.05) is 47.3 Å². The van der Waals surface area contributed by atoms with E-state index in [-0.39, 0.29) is 6.04 Å². The molecule has 2 atom stereocenters. The maximum Gasteiger partial charge on any atom is 0.123 e. The molecule has 0 aliphatic heterocycles. The molecule has 0 bridgehead atoms. The topological polar surface area (TPSA) is 38.0 Å². The van der Waals surface area contributed by atoms with Crippen molar-refractivity contribution in [3.63, 3.8) is 0 Å². The van der Waals surface area contributed by atoms with Crippen LogP contribution in [0.1, 0.15) is 18.5 Å². The van der Waals surface area contributed by atoms with Gasteiger partial charge in [0.2, 0.25) is 0 Å². The molecule has 16 heavy (non-hydrogen) atoms. The van der Waals surface area contributed by atoms with E-state index in [0.717, 1.165) is 9.26 Å². The summed E-state index contributed by atoms with van der Waals surface area (Å²) in [4.78, 5) is 0. The number of halogens is 1. The van der Waals surface area contributed by atoms with Crippen molar-refractivity contribution in [3.8, 4) is 0 Å². The van der Waals surface area contributed by atoms with E-state index >= 15 is 0 Å². The molecule has 0 spiro atoms. The van der Waals surface area contributed by atoms with Crippen molar-refractivity contribution in [1.82, 2.24) is 9.78 Å². The number of hydrogen-bond acceptors (Lipinski definition) is 2. The Bertz CT molecular complexity index is 453. The predicted molar refractivity (Wildman–Crippen MR) is 71.2 cm³/mol. The fourth-order valence-electron chi connectivity index (χ4n) is 1.77. The van der Waals surface area contributed by atoms with Crippen LogP contribution < -0.4 is 0 Å². The van der Waals surface area contributed by atoms with Crippen LogP contribution in [-0.2, 0) is 0 Å². The summed E-state index contributed by atoms with van der Waals surface area (Å²) in [6.07, 6.45) is 1.42. The minimum atomic E-state index is -0.474. The molecular formula is C12H13IN2O. The van der Waals surface area contributed by atoms with Gasteiger partial charge in [0.15, 0.2) is 0 Å². The summed E-state index contributed by atoms with van der Waals surface area (Å²) in [5.41, 5.74) is 1.07. The SMILES string of the molecule is CC(O)C(c1ccccc1)n1ccc(I)n1. The number of rotatable bonds is 3. The molecule has 1 aromatic carbocycles. The third-order valence-electron chi connectivity index (χ3n) is 2.46. The molecule has 4 heteroatoms. The van der Waals surface area contributed by atoms with Crippen LogP contribution in [0.5, 0.6) is 0 Å². The van der Waals surface area contributed by atoms with Gasteiger partial charge in [-0.3, -0.25) is 4.68 Å². The first-order valence-electron chi connectivity index (χ1n) is 5.12. The average molecular weight is 328 g/mol. The van der Waals surface area contributed by atoms with Crippen molar-refractivity contribution in [3.05, 3.63) is 51.9 Å². The lowest BCUT2D eigenvalue weighted by Gasteiger charge is -2.20. The third kappa shape index (κ3) is 2.44. The van der Waals surface area contributed by atoms with Gasteiger partial charge in [-0.25, -0.2) is 0 Å². The van der Waals surface area contributed by atoms with Crippen molar-refractivity contribution in [1.29, 1.82) is 0 Å². The van der Waals surface area contributed by atoms with Crippen LogP contribution in [0.3, 0.4) is 0 Å². The van der Waals surface area contributed by atoms with Crippen LogP contribution in [0.25, 0.3) is 0 Å². The van der Waals surface area contributed by atoms with Gasteiger partial charge in [0.1, 0.15) is 9.74 Å². The first-order chi connectivity index (χ1) is 7.68. The second-order valence-electron chi connectivity index (χ2n) is 3.71. The van der Waals surface area contributed by atoms with Crippen molar-refractivity contribution in [2.75, 3.05) is 0 Å². The van der Waals surface area contributed by atoms with E-state index in [0.29, 0.717) is 0 Å². The van der Waals surface area contributed by atoms with E-state index in [1.54, 1.807) is 6.92 Å². The quantitative estimate of drug-likeness (QED) is 0.879. The van der Waals surface area contributed by atoms with E-state index < -0.39 is 6.10 Å². The molecule has 0 aliphatic carbocycles. The van der Waals surface area contributed by atoms with E-state index in [1.165, 1.54) is 0 Å². The normalized spacial score (nSPS) is 14.7. The lowest BCUT2D eigenvalue weighted by Crippen LogP contribution is -2.23. The van der Waals surface area contributed by atoms with Crippen LogP contribution in [0.15, 0.2) is 42.6 Å². The van der Waals surface area contributed by atoms with Gasteiger partial charge in [-0.2, -0.15) is 5.10 Å². The highest BCUT2D eigenvalue weighted by Crippen LogP contribution is 2.21. The zero-order valence-corrected chi connectivity index (χ0v) is 11.1. The average Bonchev–Trinajstić information content (AvgIpc) is 2.66. The van der Waals surface area contributed by atoms with Gasteiger partial charge in [0, 0.05) is 6.20 Å². The maximum atomic E-state index is 9.86. The number of nitrogens with zero attached hydrogens (tertiary/aromatic N) is 2. The second kappa shape index (κ2) is 4.97. The van der Waals surface area contributed by atoms with Crippen LogP contribution >= 0.6 is 22.6 Å². The summed E-state index contributed by atoms with van der Waals surface area (Å²) in [6, 6.07) is 11.7. The summed E-state index contributed by atoms with van der Waals surface area (Å²) >= 11 is 2.16. The minimum absolute atomic E-state index is 0.121. The Morgan fingerprint density at radius 1 is 1.25 bits per heavy atom. The Hall–Kier alpha value is -0.880. The molecule has 0 amide bonds. The van der Waals surface area contributed by atoms with Crippen molar-refractivity contribution >= 4 is 22.6 Å². The lowest BCUT2D eigenvalue weighted by molar-refractivity contribution is 0.142. The molecule has 1 N–H and O–H groups in total. The zero-order chi connectivity index (χ0) is 11.5. The largest absolute Gasteiger partial charge is 0.391 e. The highest BCUT2D eigenvalue weighted by Gasteiger charge is 2.19. The molecular weight excluding hydrogens is 315 g/mol. The molecule has 2 unspecified atom stereocenters. The molecule has 1 aromatic heterocycles. The number of aromatic nitrogens is 2. The lowest BCUT2D eigenvalue weighted by atomic mass is 10.0. The predicted octanol–water partition coefficient (Wildman–Crippen LogP) is 2.46. The van der Waals surface area contributed by atoms with E-state index in [2.05, 4.69) is 27.7 Å². The third-order valence-corrected chi connectivity index (χ3v) is 3.03. The Morgan fingerprint density at radius 3 is 2.44 bits per heavy atom. The van der Waals surface area contributed by atoms with Crippen LogP contribution in [-0.4, -0.2) is 21.0 Å². The van der Waals surface area contributed by atoms with Crippen LogP contribution in [0.4, 0.5) is 0 Å². The number of aliphatic hydroxyl groups is 1. The number of benzene rings is 1. The fraction of sp³-hybridized carbons (Fsp3) is 0.250. The van der Waals surface area contributed by atoms with Gasteiger partial charge >= 0.3 is 0 Å². The van der Waals surface area contributed by atoms with E-state index in [9.17, 15) is 5.11 Å². The number of hydrogen-bond donors (Lipinski definition) is 1. The molecule has 0 fully saturated rings. The molecule has 0 aliphatic rings. The summed E-state index contributed by atoms with van der Waals surface area (Å²) in [7, 11) is 0. The number of aliphatic hydroxyl groups excluding tert-OH is 1. The molecule has 2 aromatic rings. The van der Waals surface area contributed by atoms with Crippen molar-refractivity contribution in [2.45, 2.75) is 19.1 Å². The minimum Gasteiger partial charge on any atom is -0.391 e. The Labute approximate surface area is 108 Å². The summed E-state index contributed by atoms with van der Waals surface area (Å²) in [5, 5.41) is 14.2. The summed E-state index contributed by atoms with van der Waals surface area (Å²) < 4.78 is 2.74. The van der Waals surface area contributed by atoms with Crippen molar-refractivity contribution < 1.29 is 5.11 Å². The maximum absolute atomic E-state index is 9.86. The van der Waals surface area contributed by atoms with Crippen LogP contribution in [0.2, 0.25) is 0 Å². The second-order valence-corrected chi connectivity index (χ2v) is 4.82. The van der Waals surface area contributed by atoms with Crippen molar-refractivity contribution in [2.24, 2.45) is 0 Å². The zero-order valence-electron chi connectivity index (χ0n) is 8.92. The van der Waals surface area contributed by atoms with Gasteiger partial charge in [-0.1, -0.05) is 30.3 Å². The fourth-order valence-corrected chi connectivity index (χ4v) is 2.18. The van der Waals surface area contributed by atoms with Gasteiger partial charge < -0.3 is 5.11 Å². The molecule has 0 saturated heterocycles. The van der Waals surface area contributed by atoms with Gasteiger partial charge in [0.25, 0.3) is 0 Å². The summed E-state index contributed by atoms with van der Waals surface area (Å²) in [5.74, 6) is 0. The highest BCUT2D eigenvalue weighted by molar-refractivity contribution is 14.1. The Morgan fingerprint density at radius 2 is 1.94 bits per heavy atom. The standard InChI is InChI=1S/C12H13IN2O/c1-9(16)12(10-5-3-2-4-6-10)15-8-7-11(13)14-15/h2-9,12,16H,1H3. The first-order valence-corrected chi connectivity index (χ1v) is 6.20. The monoisotopic (exact) mass is 328 g/mol. The van der Waals surface area contributed by atoms with Gasteiger partial charge in [-0.05, 0) is 41.1 Å². The molecule has 0 radical (unpaired) electrons. The van der Waals surface area contributed by atoms with Gasteiger partial charge in [0.05, 0.1) is 6.10 Å². The smallest absolute Gasteiger partial charge is 0.123 e. The summed E-state index contributed by atoms with van der Waals surface area (Å²) in [6.45, 7) is 1.78. The molecule has 0 saturated carbocycles. The molecule has 2 rings (SSSR count). The molecule has 3 nitrogen and oxygen atoms in total. The Balaban J connectivity index is 2.39. The van der Waals surface area contributed by atoms with Crippen LogP contribution in [0, 0.1) is 3.70 Å².